The summed E-state index contributed by atoms with van der Waals surface area (Å²) in [6, 6.07) is 4.90. The Hall–Kier alpha value is -0.940. The second kappa shape index (κ2) is 4.63. The van der Waals surface area contributed by atoms with Crippen molar-refractivity contribution in [1.82, 2.24) is 4.72 Å². The molecule has 0 spiro atoms. The molecule has 7 heteroatoms. The summed E-state index contributed by atoms with van der Waals surface area (Å²) in [5.74, 6) is 0.313. The maximum Gasteiger partial charge on any atom is 0.250 e. The fourth-order valence-corrected chi connectivity index (χ4v) is 4.47. The highest BCUT2D eigenvalue weighted by molar-refractivity contribution is 7.91. The van der Waals surface area contributed by atoms with Crippen molar-refractivity contribution in [1.29, 1.82) is 5.26 Å². The predicted octanol–water partition coefficient (Wildman–Crippen LogP) is 1.03. The highest BCUT2D eigenvalue weighted by Gasteiger charge is 2.43. The van der Waals surface area contributed by atoms with Crippen LogP contribution in [0.3, 0.4) is 0 Å². The second-order valence-electron chi connectivity index (χ2n) is 4.73. The molecule has 1 heterocycles. The minimum absolute atomic E-state index is 0.166. The standard InChI is InChI=1S/C11H15N3O2S2/c1-11(7-13,8-2-3-8)14-18(15,16)10-5-4-9(6-12)17-10/h4-5,8,14H,2-3,7,13H2,1H3. The van der Waals surface area contributed by atoms with Gasteiger partial charge in [0.1, 0.15) is 15.2 Å². The third kappa shape index (κ3) is 2.57. The normalized spacial score (nSPS) is 19.2. The van der Waals surface area contributed by atoms with E-state index in [0.717, 1.165) is 24.2 Å². The maximum atomic E-state index is 12.2. The Bertz CT molecular complexity index is 584. The average Bonchev–Trinajstić information content (AvgIpc) is 3.06. The predicted molar refractivity (Wildman–Crippen MR) is 69.5 cm³/mol. The van der Waals surface area contributed by atoms with Gasteiger partial charge in [-0.1, -0.05) is 0 Å². The van der Waals surface area contributed by atoms with Crippen molar-refractivity contribution in [2.24, 2.45) is 11.7 Å². The summed E-state index contributed by atoms with van der Waals surface area (Å²) in [6.45, 7) is 2.11. The van der Waals surface area contributed by atoms with Gasteiger partial charge in [0.05, 0.1) is 0 Å². The highest BCUT2D eigenvalue weighted by Crippen LogP contribution is 2.40. The Morgan fingerprint density at radius 1 is 1.61 bits per heavy atom. The largest absolute Gasteiger partial charge is 0.329 e. The highest BCUT2D eigenvalue weighted by atomic mass is 32.2. The summed E-state index contributed by atoms with van der Waals surface area (Å²) in [4.78, 5) is 0.385. The SMILES string of the molecule is CC(CN)(NS(=O)(=O)c1ccc(C#N)s1)C1CC1. The lowest BCUT2D eigenvalue weighted by atomic mass is 9.98. The molecule has 1 aliphatic rings. The molecule has 1 aromatic heterocycles. The molecule has 0 amide bonds. The summed E-state index contributed by atoms with van der Waals surface area (Å²) in [6.07, 6.45) is 2.01. The van der Waals surface area contributed by atoms with E-state index in [1.54, 1.807) is 0 Å². The number of nitrogens with one attached hydrogen (secondary N) is 1. The van der Waals surface area contributed by atoms with Crippen LogP contribution in [0.5, 0.6) is 0 Å². The second-order valence-corrected chi connectivity index (χ2v) is 7.72. The van der Waals surface area contributed by atoms with E-state index in [4.69, 9.17) is 11.0 Å². The van der Waals surface area contributed by atoms with E-state index in [0.29, 0.717) is 10.8 Å². The molecule has 2 rings (SSSR count). The molecule has 0 saturated heterocycles. The van der Waals surface area contributed by atoms with Crippen LogP contribution in [0.25, 0.3) is 0 Å². The topological polar surface area (TPSA) is 96.0 Å². The van der Waals surface area contributed by atoms with E-state index in [1.807, 2.05) is 13.0 Å². The molecular formula is C11H15N3O2S2. The summed E-state index contributed by atoms with van der Waals surface area (Å²) >= 11 is 0.971. The molecule has 1 fully saturated rings. The number of hydrogen-bond donors (Lipinski definition) is 2. The molecule has 0 radical (unpaired) electrons. The van der Waals surface area contributed by atoms with E-state index >= 15 is 0 Å². The van der Waals surface area contributed by atoms with Crippen LogP contribution in [0, 0.1) is 17.2 Å². The van der Waals surface area contributed by atoms with Crippen LogP contribution >= 0.6 is 11.3 Å². The Morgan fingerprint density at radius 3 is 2.72 bits per heavy atom. The molecule has 1 aliphatic carbocycles. The number of sulfonamides is 1. The number of nitriles is 1. The fraction of sp³-hybridized carbons (Fsp3) is 0.545. The van der Waals surface area contributed by atoms with Crippen molar-refractivity contribution >= 4 is 21.4 Å². The first-order valence-corrected chi connectivity index (χ1v) is 7.95. The first kappa shape index (κ1) is 13.5. The smallest absolute Gasteiger partial charge is 0.250 e. The number of nitrogens with zero attached hydrogens (tertiary/aromatic N) is 1. The van der Waals surface area contributed by atoms with Crippen molar-refractivity contribution in [3.8, 4) is 6.07 Å². The van der Waals surface area contributed by atoms with E-state index in [9.17, 15) is 8.42 Å². The van der Waals surface area contributed by atoms with Gasteiger partial charge in [0.2, 0.25) is 0 Å². The van der Waals surface area contributed by atoms with E-state index in [2.05, 4.69) is 4.72 Å². The molecule has 98 valence electrons. The van der Waals surface area contributed by atoms with Crippen LogP contribution in [0.2, 0.25) is 0 Å². The van der Waals surface area contributed by atoms with Crippen molar-refractivity contribution in [2.45, 2.75) is 29.5 Å². The molecule has 0 bridgehead atoms. The van der Waals surface area contributed by atoms with Crippen molar-refractivity contribution in [3.63, 3.8) is 0 Å². The van der Waals surface area contributed by atoms with E-state index in [1.165, 1.54) is 12.1 Å². The molecule has 0 aliphatic heterocycles. The molecule has 1 saturated carbocycles. The quantitative estimate of drug-likeness (QED) is 0.844. The van der Waals surface area contributed by atoms with Crippen molar-refractivity contribution < 1.29 is 8.42 Å². The van der Waals surface area contributed by atoms with Gasteiger partial charge in [-0.15, -0.1) is 11.3 Å². The van der Waals surface area contributed by atoms with E-state index < -0.39 is 15.6 Å². The summed E-state index contributed by atoms with van der Waals surface area (Å²) in [7, 11) is -3.59. The average molecular weight is 285 g/mol. The lowest BCUT2D eigenvalue weighted by Gasteiger charge is -2.28. The van der Waals surface area contributed by atoms with Crippen LogP contribution in [0.1, 0.15) is 24.6 Å². The van der Waals surface area contributed by atoms with Crippen LogP contribution in [-0.2, 0) is 10.0 Å². The summed E-state index contributed by atoms with van der Waals surface area (Å²) in [5.41, 5.74) is 5.10. The van der Waals surface area contributed by atoms with Crippen molar-refractivity contribution in [2.75, 3.05) is 6.54 Å². The summed E-state index contributed by atoms with van der Waals surface area (Å²) in [5, 5.41) is 8.72. The van der Waals surface area contributed by atoms with Crippen LogP contribution in [0.15, 0.2) is 16.3 Å². The third-order valence-electron chi connectivity index (χ3n) is 3.23. The summed E-state index contributed by atoms with van der Waals surface area (Å²) < 4.78 is 27.3. The van der Waals surface area contributed by atoms with Gasteiger partial charge in [-0.05, 0) is 37.8 Å². The Labute approximate surface area is 111 Å². The molecule has 1 aromatic rings. The van der Waals surface area contributed by atoms with Gasteiger partial charge in [0, 0.05) is 12.1 Å². The maximum absolute atomic E-state index is 12.2. The van der Waals surface area contributed by atoms with Crippen molar-refractivity contribution in [3.05, 3.63) is 17.0 Å². The van der Waals surface area contributed by atoms with Gasteiger partial charge in [0.15, 0.2) is 0 Å². The zero-order valence-corrected chi connectivity index (χ0v) is 11.6. The Morgan fingerprint density at radius 2 is 2.28 bits per heavy atom. The van der Waals surface area contributed by atoms with E-state index in [-0.39, 0.29) is 10.8 Å². The lowest BCUT2D eigenvalue weighted by molar-refractivity contribution is 0.374. The minimum atomic E-state index is -3.59. The zero-order chi connectivity index (χ0) is 13.4. The molecule has 0 aromatic carbocycles. The van der Waals surface area contributed by atoms with Crippen LogP contribution in [-0.4, -0.2) is 20.5 Å². The lowest BCUT2D eigenvalue weighted by Crippen LogP contribution is -2.52. The van der Waals surface area contributed by atoms with Crippen LogP contribution in [0.4, 0.5) is 0 Å². The van der Waals surface area contributed by atoms with Gasteiger partial charge in [-0.2, -0.15) is 5.26 Å². The van der Waals surface area contributed by atoms with Gasteiger partial charge in [0.25, 0.3) is 10.0 Å². The van der Waals surface area contributed by atoms with Gasteiger partial charge >= 0.3 is 0 Å². The number of rotatable bonds is 5. The third-order valence-corrected chi connectivity index (χ3v) is 6.32. The minimum Gasteiger partial charge on any atom is -0.329 e. The molecule has 5 nitrogen and oxygen atoms in total. The number of thiophene rings is 1. The first-order chi connectivity index (χ1) is 8.41. The molecular weight excluding hydrogens is 270 g/mol. The Balaban J connectivity index is 2.24. The zero-order valence-electron chi connectivity index (χ0n) is 10.0. The monoisotopic (exact) mass is 285 g/mol. The number of hydrogen-bond acceptors (Lipinski definition) is 5. The fourth-order valence-electron chi connectivity index (χ4n) is 1.89. The molecule has 18 heavy (non-hydrogen) atoms. The van der Waals surface area contributed by atoms with Gasteiger partial charge < -0.3 is 5.73 Å². The molecule has 1 unspecified atom stereocenters. The molecule has 3 N–H and O–H groups in total. The molecule has 1 atom stereocenters. The first-order valence-electron chi connectivity index (χ1n) is 5.65. The Kier molecular flexibility index (Phi) is 3.47. The number of nitrogens with two attached hydrogens (primary N) is 1. The van der Waals surface area contributed by atoms with Gasteiger partial charge in [-0.25, -0.2) is 13.1 Å². The van der Waals surface area contributed by atoms with Crippen LogP contribution < -0.4 is 10.5 Å². The van der Waals surface area contributed by atoms with Gasteiger partial charge in [-0.3, -0.25) is 0 Å².